The molecule has 0 N–H and O–H groups in total. The number of alkyl halides is 3. The number of aryl methyl sites for hydroxylation is 1. The maximum absolute atomic E-state index is 14.1. The van der Waals surface area contributed by atoms with Crippen molar-refractivity contribution in [3.63, 3.8) is 0 Å². The van der Waals surface area contributed by atoms with Crippen LogP contribution in [0.3, 0.4) is 0 Å². The van der Waals surface area contributed by atoms with Gasteiger partial charge in [-0.1, -0.05) is 66.2 Å². The maximum atomic E-state index is 14.1. The summed E-state index contributed by atoms with van der Waals surface area (Å²) >= 11 is 0. The average Bonchev–Trinajstić information content (AvgIpc) is 2.61. The maximum Gasteiger partial charge on any atom is 0.409 e. The Bertz CT molecular complexity index is 918. The van der Waals surface area contributed by atoms with Gasteiger partial charge in [-0.15, -0.1) is 0 Å². The fraction of sp³-hybridized carbons (Fsp3) is 0.0909. The van der Waals surface area contributed by atoms with Crippen LogP contribution in [0.25, 0.3) is 28.3 Å². The molecule has 0 nitrogen and oxygen atoms in total. The van der Waals surface area contributed by atoms with E-state index in [0.29, 0.717) is 5.56 Å². The Labute approximate surface area is 149 Å². The van der Waals surface area contributed by atoms with Gasteiger partial charge in [0.1, 0.15) is 5.82 Å². The summed E-state index contributed by atoms with van der Waals surface area (Å²) < 4.78 is 50.7. The molecule has 0 amide bonds. The van der Waals surface area contributed by atoms with Crippen LogP contribution in [0.15, 0.2) is 72.8 Å². The Hall–Kier alpha value is -2.88. The van der Waals surface area contributed by atoms with Crippen molar-refractivity contribution in [2.45, 2.75) is 13.1 Å². The highest BCUT2D eigenvalue weighted by molar-refractivity contribution is 5.71. The molecule has 3 rings (SSSR count). The molecule has 4 heteroatoms. The van der Waals surface area contributed by atoms with E-state index in [9.17, 15) is 17.6 Å². The molecular formula is C22H16F4. The highest BCUT2D eigenvalue weighted by atomic mass is 19.4. The summed E-state index contributed by atoms with van der Waals surface area (Å²) in [7, 11) is 0. The van der Waals surface area contributed by atoms with Crippen LogP contribution in [0.5, 0.6) is 0 Å². The Kier molecular flexibility index (Phi) is 4.94. The van der Waals surface area contributed by atoms with Gasteiger partial charge in [0.25, 0.3) is 0 Å². The molecule has 3 aromatic rings. The van der Waals surface area contributed by atoms with Crippen LogP contribution < -0.4 is 0 Å². The van der Waals surface area contributed by atoms with Gasteiger partial charge in [-0.05, 0) is 41.3 Å². The van der Waals surface area contributed by atoms with E-state index in [2.05, 4.69) is 0 Å². The number of hydrogen-bond donors (Lipinski definition) is 0. The van der Waals surface area contributed by atoms with Crippen molar-refractivity contribution >= 4 is 6.08 Å². The molecule has 0 aliphatic carbocycles. The Morgan fingerprint density at radius 2 is 1.15 bits per heavy atom. The van der Waals surface area contributed by atoms with Crippen molar-refractivity contribution in [1.29, 1.82) is 0 Å². The zero-order valence-electron chi connectivity index (χ0n) is 14.0. The molecule has 0 radical (unpaired) electrons. The first-order valence-corrected chi connectivity index (χ1v) is 8.05. The lowest BCUT2D eigenvalue weighted by molar-refractivity contribution is -0.0790. The minimum Gasteiger partial charge on any atom is -0.206 e. The molecule has 0 saturated heterocycles. The monoisotopic (exact) mass is 356 g/mol. The van der Waals surface area contributed by atoms with Crippen LogP contribution in [-0.2, 0) is 0 Å². The summed E-state index contributed by atoms with van der Waals surface area (Å²) in [4.78, 5) is 0. The number of halogens is 4. The zero-order chi connectivity index (χ0) is 18.7. The quantitative estimate of drug-likeness (QED) is 0.441. The molecule has 0 heterocycles. The lowest BCUT2D eigenvalue weighted by Crippen LogP contribution is -2.00. The first kappa shape index (κ1) is 17.9. The number of hydrogen-bond acceptors (Lipinski definition) is 0. The standard InChI is InChI=1S/C22H16F4/c1-15-2-4-16(5-3-15)17-6-8-18(9-7-17)20-11-10-19(21(23)14-20)12-13-22(24,25)26/h2-14H,1H3/b13-12+. The van der Waals surface area contributed by atoms with Gasteiger partial charge < -0.3 is 0 Å². The molecule has 0 aliphatic heterocycles. The number of rotatable bonds is 3. The topological polar surface area (TPSA) is 0 Å². The summed E-state index contributed by atoms with van der Waals surface area (Å²) in [6.45, 7) is 2.02. The van der Waals surface area contributed by atoms with Gasteiger partial charge in [0.2, 0.25) is 0 Å². The first-order chi connectivity index (χ1) is 12.3. The van der Waals surface area contributed by atoms with Crippen molar-refractivity contribution in [1.82, 2.24) is 0 Å². The van der Waals surface area contributed by atoms with Crippen molar-refractivity contribution in [2.24, 2.45) is 0 Å². The van der Waals surface area contributed by atoms with E-state index in [4.69, 9.17) is 0 Å². The lowest BCUT2D eigenvalue weighted by Gasteiger charge is -2.07. The van der Waals surface area contributed by atoms with Crippen LogP contribution in [0.2, 0.25) is 0 Å². The van der Waals surface area contributed by atoms with Gasteiger partial charge in [-0.2, -0.15) is 13.2 Å². The molecular weight excluding hydrogens is 340 g/mol. The molecule has 3 aromatic carbocycles. The van der Waals surface area contributed by atoms with Crippen LogP contribution in [0.4, 0.5) is 17.6 Å². The fourth-order valence-corrected chi connectivity index (χ4v) is 2.63. The molecule has 0 atom stereocenters. The molecule has 0 aliphatic rings. The lowest BCUT2D eigenvalue weighted by atomic mass is 9.99. The second-order valence-electron chi connectivity index (χ2n) is 6.05. The van der Waals surface area contributed by atoms with Gasteiger partial charge in [-0.25, -0.2) is 4.39 Å². The van der Waals surface area contributed by atoms with Crippen LogP contribution >= 0.6 is 0 Å². The minimum atomic E-state index is -4.46. The molecule has 26 heavy (non-hydrogen) atoms. The SMILES string of the molecule is Cc1ccc(-c2ccc(-c3ccc(/C=C/C(F)(F)F)c(F)c3)cc2)cc1. The van der Waals surface area contributed by atoms with Gasteiger partial charge in [0, 0.05) is 11.6 Å². The van der Waals surface area contributed by atoms with Crippen molar-refractivity contribution in [3.8, 4) is 22.3 Å². The zero-order valence-corrected chi connectivity index (χ0v) is 14.0. The van der Waals surface area contributed by atoms with E-state index in [1.807, 2.05) is 55.5 Å². The fourth-order valence-electron chi connectivity index (χ4n) is 2.63. The van der Waals surface area contributed by atoms with Gasteiger partial charge >= 0.3 is 6.18 Å². The highest BCUT2D eigenvalue weighted by Gasteiger charge is 2.22. The molecule has 0 fully saturated rings. The Morgan fingerprint density at radius 1 is 0.692 bits per heavy atom. The third kappa shape index (κ3) is 4.39. The van der Waals surface area contributed by atoms with Gasteiger partial charge in [-0.3, -0.25) is 0 Å². The number of allylic oxidation sites excluding steroid dienone is 1. The predicted octanol–water partition coefficient (Wildman–Crippen LogP) is 7.04. The normalized spacial score (nSPS) is 11.9. The molecule has 0 spiro atoms. The average molecular weight is 356 g/mol. The number of benzene rings is 3. The van der Waals surface area contributed by atoms with Crippen LogP contribution in [0.1, 0.15) is 11.1 Å². The molecule has 0 unspecified atom stereocenters. The largest absolute Gasteiger partial charge is 0.409 e. The van der Waals surface area contributed by atoms with E-state index in [-0.39, 0.29) is 11.6 Å². The first-order valence-electron chi connectivity index (χ1n) is 8.05. The summed E-state index contributed by atoms with van der Waals surface area (Å²) in [5, 5.41) is 0. The summed E-state index contributed by atoms with van der Waals surface area (Å²) in [5.74, 6) is -0.689. The van der Waals surface area contributed by atoms with E-state index in [1.54, 1.807) is 6.07 Å². The summed E-state index contributed by atoms with van der Waals surface area (Å²) in [6.07, 6.45) is -3.70. The van der Waals surface area contributed by atoms with Crippen molar-refractivity contribution in [2.75, 3.05) is 0 Å². The highest BCUT2D eigenvalue weighted by Crippen LogP contribution is 2.27. The third-order valence-electron chi connectivity index (χ3n) is 4.06. The second kappa shape index (κ2) is 7.16. The molecule has 132 valence electrons. The molecule has 0 bridgehead atoms. The van der Waals surface area contributed by atoms with Crippen molar-refractivity contribution < 1.29 is 17.6 Å². The Balaban J connectivity index is 1.84. The van der Waals surface area contributed by atoms with Crippen LogP contribution in [-0.4, -0.2) is 6.18 Å². The van der Waals surface area contributed by atoms with E-state index >= 15 is 0 Å². The predicted molar refractivity (Wildman–Crippen MR) is 97.1 cm³/mol. The minimum absolute atomic E-state index is 0.0292. The van der Waals surface area contributed by atoms with Gasteiger partial charge in [0.15, 0.2) is 0 Å². The summed E-state index contributed by atoms with van der Waals surface area (Å²) in [5.41, 5.74) is 4.62. The van der Waals surface area contributed by atoms with Crippen molar-refractivity contribution in [3.05, 3.63) is 89.8 Å². The van der Waals surface area contributed by atoms with E-state index in [1.165, 1.54) is 17.7 Å². The second-order valence-corrected chi connectivity index (χ2v) is 6.05. The molecule has 0 saturated carbocycles. The van der Waals surface area contributed by atoms with Crippen LogP contribution in [0, 0.1) is 12.7 Å². The third-order valence-corrected chi connectivity index (χ3v) is 4.06. The van der Waals surface area contributed by atoms with E-state index in [0.717, 1.165) is 22.8 Å². The van der Waals surface area contributed by atoms with E-state index < -0.39 is 12.0 Å². The molecule has 0 aromatic heterocycles. The van der Waals surface area contributed by atoms with Gasteiger partial charge in [0.05, 0.1) is 0 Å². The summed E-state index contributed by atoms with van der Waals surface area (Å²) in [6, 6.07) is 20.0. The smallest absolute Gasteiger partial charge is 0.206 e. The Morgan fingerprint density at radius 3 is 1.65 bits per heavy atom.